The van der Waals surface area contributed by atoms with Crippen LogP contribution in [0.5, 0.6) is 0 Å². The molecule has 3 heteroatoms. The minimum atomic E-state index is -2.76. The number of carbonyl (C=O) groups excluding carboxylic acids is 1. The smallest absolute Gasteiger partial charge is 0.164 e. The maximum Gasteiger partial charge on any atom is 0.164 e. The molecular formula is C11H14BrNO. The lowest BCUT2D eigenvalue weighted by atomic mass is 10.1. The molecule has 76 valence electrons. The molecule has 0 unspecified atom stereocenters. The third kappa shape index (κ3) is 3.60. The Morgan fingerprint density at radius 1 is 1.43 bits per heavy atom. The van der Waals surface area contributed by atoms with E-state index >= 15 is 0 Å². The summed E-state index contributed by atoms with van der Waals surface area (Å²) in [5.74, 6) is -0.295. The van der Waals surface area contributed by atoms with Crippen molar-refractivity contribution in [1.82, 2.24) is 4.90 Å². The molecule has 14 heavy (non-hydrogen) atoms. The monoisotopic (exact) mass is 261 g/mol. The Morgan fingerprint density at radius 2 is 2.07 bits per heavy atom. The Bertz CT molecular complexity index is 453. The van der Waals surface area contributed by atoms with Crippen LogP contribution in [0.2, 0.25) is 0 Å². The maximum atomic E-state index is 11.9. The minimum absolute atomic E-state index is 0.168. The zero-order valence-electron chi connectivity index (χ0n) is 13.5. The zero-order valence-corrected chi connectivity index (χ0v) is 9.04. The lowest BCUT2D eigenvalue weighted by Crippen LogP contribution is -2.16. The third-order valence-corrected chi connectivity index (χ3v) is 2.26. The third-order valence-electron chi connectivity index (χ3n) is 1.73. The molecule has 0 amide bonds. The fraction of sp³-hybridized carbons (Fsp3) is 0.364. The van der Waals surface area contributed by atoms with Crippen LogP contribution < -0.4 is 0 Å². The standard InChI is InChI=1S/C11H14BrNO/c1-13(2)8-7-11(14)9-3-5-10(12)6-4-9/h3-6H,7-8H2,1-2H3/i1D3,2D3. The van der Waals surface area contributed by atoms with Gasteiger partial charge in [-0.15, -0.1) is 0 Å². The Labute approximate surface area is 101 Å². The van der Waals surface area contributed by atoms with Gasteiger partial charge in [-0.2, -0.15) is 0 Å². The van der Waals surface area contributed by atoms with Crippen LogP contribution in [0.25, 0.3) is 0 Å². The van der Waals surface area contributed by atoms with E-state index in [1.54, 1.807) is 24.3 Å². The summed E-state index contributed by atoms with van der Waals surface area (Å²) in [5.41, 5.74) is 0.421. The van der Waals surface area contributed by atoms with Crippen molar-refractivity contribution in [2.24, 2.45) is 0 Å². The number of halogens is 1. The van der Waals surface area contributed by atoms with Crippen LogP contribution in [0.4, 0.5) is 0 Å². The lowest BCUT2D eigenvalue weighted by Gasteiger charge is -2.08. The van der Waals surface area contributed by atoms with Crippen molar-refractivity contribution >= 4 is 21.7 Å². The molecule has 0 saturated heterocycles. The Hall–Kier alpha value is -0.670. The molecule has 0 saturated carbocycles. The van der Waals surface area contributed by atoms with E-state index in [0.29, 0.717) is 10.5 Å². The van der Waals surface area contributed by atoms with Crippen molar-refractivity contribution in [3.63, 3.8) is 0 Å². The molecule has 0 heterocycles. The van der Waals surface area contributed by atoms with Crippen molar-refractivity contribution in [3.8, 4) is 0 Å². The second-order valence-corrected chi connectivity index (χ2v) is 3.75. The van der Waals surface area contributed by atoms with Gasteiger partial charge in [0.1, 0.15) is 0 Å². The number of hydrogen-bond donors (Lipinski definition) is 0. The van der Waals surface area contributed by atoms with Crippen molar-refractivity contribution < 1.29 is 13.0 Å². The highest BCUT2D eigenvalue weighted by Crippen LogP contribution is 2.11. The SMILES string of the molecule is [2H]C([2H])([2H])N(CCC(=O)c1ccc(Br)cc1)C([2H])([2H])[2H]. The Kier molecular flexibility index (Phi) is 2.04. The van der Waals surface area contributed by atoms with Gasteiger partial charge in [-0.25, -0.2) is 0 Å². The predicted molar refractivity (Wildman–Crippen MR) is 61.6 cm³/mol. The van der Waals surface area contributed by atoms with Crippen molar-refractivity contribution in [2.45, 2.75) is 6.42 Å². The van der Waals surface area contributed by atoms with E-state index < -0.39 is 14.0 Å². The number of nitrogens with zero attached hydrogens (tertiary/aromatic N) is 1. The van der Waals surface area contributed by atoms with E-state index in [1.165, 1.54) is 0 Å². The molecule has 2 nitrogen and oxygen atoms in total. The number of ketones is 1. The quantitative estimate of drug-likeness (QED) is 0.777. The number of rotatable bonds is 4. The van der Waals surface area contributed by atoms with E-state index in [-0.39, 0.29) is 18.7 Å². The molecule has 0 bridgehead atoms. The van der Waals surface area contributed by atoms with E-state index in [2.05, 4.69) is 15.9 Å². The first-order chi connectivity index (χ1) is 9.01. The summed E-state index contributed by atoms with van der Waals surface area (Å²) in [6.07, 6.45) is -0.168. The van der Waals surface area contributed by atoms with Crippen LogP contribution in [-0.2, 0) is 0 Å². The van der Waals surface area contributed by atoms with Crippen LogP contribution in [0.1, 0.15) is 25.0 Å². The zero-order chi connectivity index (χ0) is 15.6. The van der Waals surface area contributed by atoms with Gasteiger partial charge >= 0.3 is 0 Å². The molecule has 0 radical (unpaired) electrons. The topological polar surface area (TPSA) is 20.3 Å². The molecule has 0 atom stereocenters. The average Bonchev–Trinajstić information content (AvgIpc) is 2.26. The number of Topliss-reactive ketones (excluding diaryl/α,β-unsaturated/α-hetero) is 1. The van der Waals surface area contributed by atoms with E-state index in [1.807, 2.05) is 0 Å². The van der Waals surface area contributed by atoms with Gasteiger partial charge in [0.2, 0.25) is 0 Å². The highest BCUT2D eigenvalue weighted by molar-refractivity contribution is 9.10. The second kappa shape index (κ2) is 5.27. The molecule has 1 aromatic carbocycles. The summed E-state index contributed by atoms with van der Waals surface area (Å²) < 4.78 is 44.0. The van der Waals surface area contributed by atoms with Gasteiger partial charge in [0.25, 0.3) is 0 Å². The first-order valence-electron chi connectivity index (χ1n) is 7.08. The summed E-state index contributed by atoms with van der Waals surface area (Å²) >= 11 is 3.24. The van der Waals surface area contributed by atoms with Crippen LogP contribution in [0, 0.1) is 0 Å². The van der Waals surface area contributed by atoms with Gasteiger partial charge in [0.15, 0.2) is 5.78 Å². The van der Waals surface area contributed by atoms with Gasteiger partial charge in [-0.1, -0.05) is 28.1 Å². The summed E-state index contributed by atoms with van der Waals surface area (Å²) in [4.78, 5) is 12.3. The fourth-order valence-corrected chi connectivity index (χ4v) is 1.26. The normalized spacial score (nSPS) is 18.7. The Morgan fingerprint density at radius 3 is 2.64 bits per heavy atom. The number of hydrogen-bond acceptors (Lipinski definition) is 2. The van der Waals surface area contributed by atoms with Crippen molar-refractivity contribution in [1.29, 1.82) is 0 Å². The molecule has 0 aliphatic heterocycles. The molecule has 0 N–H and O–H groups in total. The molecule has 0 spiro atoms. The highest BCUT2D eigenvalue weighted by atomic mass is 79.9. The van der Waals surface area contributed by atoms with Crippen LogP contribution in [-0.4, -0.2) is 31.2 Å². The van der Waals surface area contributed by atoms with Gasteiger partial charge in [-0.3, -0.25) is 4.79 Å². The lowest BCUT2D eigenvalue weighted by molar-refractivity contribution is 0.0972. The highest BCUT2D eigenvalue weighted by Gasteiger charge is 2.05. The maximum absolute atomic E-state index is 11.9. The first-order valence-corrected chi connectivity index (χ1v) is 4.87. The van der Waals surface area contributed by atoms with Crippen molar-refractivity contribution in [3.05, 3.63) is 34.3 Å². The minimum Gasteiger partial charge on any atom is -0.309 e. The van der Waals surface area contributed by atoms with E-state index in [4.69, 9.17) is 8.22 Å². The van der Waals surface area contributed by atoms with E-state index in [9.17, 15) is 4.79 Å². The summed E-state index contributed by atoms with van der Waals surface area (Å²) in [6.45, 7) is -5.86. The molecule has 1 rings (SSSR count). The number of carbonyl (C=O) groups is 1. The largest absolute Gasteiger partial charge is 0.309 e. The summed E-state index contributed by atoms with van der Waals surface area (Å²) in [7, 11) is 0. The average molecular weight is 262 g/mol. The molecule has 0 aromatic heterocycles. The predicted octanol–water partition coefficient (Wildman–Crippen LogP) is 2.58. The molecule has 0 fully saturated rings. The van der Waals surface area contributed by atoms with Crippen molar-refractivity contribution in [2.75, 3.05) is 20.5 Å². The van der Waals surface area contributed by atoms with Gasteiger partial charge in [0, 0.05) is 31.2 Å². The number of benzene rings is 1. The second-order valence-electron chi connectivity index (χ2n) is 2.83. The van der Waals surface area contributed by atoms with Crippen LogP contribution in [0.15, 0.2) is 28.7 Å². The van der Waals surface area contributed by atoms with Gasteiger partial charge in [0.05, 0.1) is 0 Å². The van der Waals surface area contributed by atoms with Crippen LogP contribution >= 0.6 is 15.9 Å². The summed E-state index contributed by atoms with van der Waals surface area (Å²) in [5, 5.41) is 0. The fourth-order valence-electron chi connectivity index (χ4n) is 0.993. The molecular weight excluding hydrogens is 242 g/mol. The first kappa shape index (κ1) is 5.42. The van der Waals surface area contributed by atoms with Crippen LogP contribution in [0.3, 0.4) is 0 Å². The van der Waals surface area contributed by atoms with Gasteiger partial charge in [-0.05, 0) is 26.1 Å². The van der Waals surface area contributed by atoms with Gasteiger partial charge < -0.3 is 4.90 Å². The molecule has 0 aliphatic carbocycles. The summed E-state index contributed by atoms with van der Waals surface area (Å²) in [6, 6.07) is 6.58. The molecule has 0 aliphatic rings. The van der Waals surface area contributed by atoms with E-state index in [0.717, 1.165) is 4.47 Å². The molecule has 1 aromatic rings. The Balaban J connectivity index is 2.73.